The Morgan fingerprint density at radius 2 is 2.12 bits per heavy atom. The van der Waals surface area contributed by atoms with Crippen LogP contribution in [0.1, 0.15) is 26.6 Å². The number of aromatic nitrogens is 3. The molecule has 2 aromatic rings. The van der Waals surface area contributed by atoms with Gasteiger partial charge in [0.25, 0.3) is 0 Å². The van der Waals surface area contributed by atoms with Crippen molar-refractivity contribution in [3.8, 4) is 0 Å². The van der Waals surface area contributed by atoms with Gasteiger partial charge in [-0.15, -0.1) is 0 Å². The molecule has 3 rings (SSSR count). The number of pyridine rings is 1. The Hall–Kier alpha value is -1.67. The number of β-amino-alcohol motifs (C(OH)–C–C–N with tert-alkyl or cyclic N) is 1. The molecule has 1 saturated heterocycles. The average molecular weight is 397 g/mol. The Kier molecular flexibility index (Phi) is 4.08. The van der Waals surface area contributed by atoms with Gasteiger partial charge >= 0.3 is 6.09 Å². The molecule has 0 saturated carbocycles. The Morgan fingerprint density at radius 3 is 2.75 bits per heavy atom. The minimum absolute atomic E-state index is 0.239. The third-order valence-electron chi connectivity index (χ3n) is 3.84. The fraction of sp³-hybridized carbons (Fsp3) is 0.562. The van der Waals surface area contributed by atoms with Crippen LogP contribution in [0.15, 0.2) is 16.7 Å². The van der Waals surface area contributed by atoms with Crippen molar-refractivity contribution in [1.82, 2.24) is 19.4 Å². The topological polar surface area (TPSA) is 80.5 Å². The number of carbonyl (C=O) groups excluding carboxylic acids is 1. The molecule has 0 aromatic carbocycles. The fourth-order valence-electron chi connectivity index (χ4n) is 2.81. The number of aryl methyl sites for hydroxylation is 1. The molecule has 0 radical (unpaired) electrons. The summed E-state index contributed by atoms with van der Waals surface area (Å²) in [6.45, 7) is 8.18. The molecule has 130 valence electrons. The van der Waals surface area contributed by atoms with Gasteiger partial charge in [0.05, 0.1) is 25.2 Å². The van der Waals surface area contributed by atoms with Crippen molar-refractivity contribution in [2.24, 2.45) is 0 Å². The molecule has 0 spiro atoms. The minimum Gasteiger partial charge on any atom is -0.444 e. The first kappa shape index (κ1) is 17.2. The van der Waals surface area contributed by atoms with Gasteiger partial charge in [0, 0.05) is 10.7 Å². The molecule has 0 atom stereocenters. The van der Waals surface area contributed by atoms with Crippen LogP contribution in [-0.4, -0.2) is 54.9 Å². The zero-order chi connectivity index (χ0) is 17.7. The Bertz CT molecular complexity index is 790. The number of imidazole rings is 1. The number of hydrogen-bond acceptors (Lipinski definition) is 5. The molecule has 1 aliphatic rings. The number of halogens is 1. The molecule has 0 bridgehead atoms. The van der Waals surface area contributed by atoms with Gasteiger partial charge in [-0.3, -0.25) is 0 Å². The fourth-order valence-corrected chi connectivity index (χ4v) is 3.13. The standard InChI is InChI=1S/C16H21BrN4O3/c1-10-19-13-12(5-11(17)6-18-13)21(10)9-16(23)7-20(8-16)14(22)24-15(2,3)4/h5-6,23H,7-9H2,1-4H3. The lowest BCUT2D eigenvalue weighted by atomic mass is 9.94. The molecule has 3 heterocycles. The number of aliphatic hydroxyl groups is 1. The van der Waals surface area contributed by atoms with Gasteiger partial charge in [-0.25, -0.2) is 14.8 Å². The monoisotopic (exact) mass is 396 g/mol. The van der Waals surface area contributed by atoms with Gasteiger partial charge < -0.3 is 19.3 Å². The predicted octanol–water partition coefficient (Wildman–Crippen LogP) is 2.48. The zero-order valence-corrected chi connectivity index (χ0v) is 15.8. The van der Waals surface area contributed by atoms with E-state index in [4.69, 9.17) is 4.74 Å². The summed E-state index contributed by atoms with van der Waals surface area (Å²) in [6.07, 6.45) is 1.30. The second kappa shape index (κ2) is 5.70. The van der Waals surface area contributed by atoms with Gasteiger partial charge in [0.15, 0.2) is 5.65 Å². The Labute approximate surface area is 148 Å². The lowest BCUT2D eigenvalue weighted by Gasteiger charge is -2.46. The van der Waals surface area contributed by atoms with Crippen LogP contribution >= 0.6 is 15.9 Å². The van der Waals surface area contributed by atoms with Gasteiger partial charge in [-0.1, -0.05) is 0 Å². The summed E-state index contributed by atoms with van der Waals surface area (Å²) < 4.78 is 8.10. The number of rotatable bonds is 2. The van der Waals surface area contributed by atoms with Gasteiger partial charge in [0.1, 0.15) is 17.0 Å². The van der Waals surface area contributed by atoms with Crippen LogP contribution in [0, 0.1) is 6.92 Å². The maximum Gasteiger partial charge on any atom is 0.410 e. The summed E-state index contributed by atoms with van der Waals surface area (Å²) in [4.78, 5) is 22.2. The molecule has 0 unspecified atom stereocenters. The number of carbonyl (C=O) groups is 1. The molecule has 1 amide bonds. The third-order valence-corrected chi connectivity index (χ3v) is 4.27. The molecule has 8 heteroatoms. The van der Waals surface area contributed by atoms with Crippen LogP contribution in [0.3, 0.4) is 0 Å². The van der Waals surface area contributed by atoms with E-state index in [0.29, 0.717) is 12.2 Å². The van der Waals surface area contributed by atoms with E-state index in [9.17, 15) is 9.90 Å². The summed E-state index contributed by atoms with van der Waals surface area (Å²) in [6, 6.07) is 1.93. The lowest BCUT2D eigenvalue weighted by molar-refractivity contribution is -0.106. The van der Waals surface area contributed by atoms with Gasteiger partial charge in [0.2, 0.25) is 0 Å². The van der Waals surface area contributed by atoms with E-state index >= 15 is 0 Å². The van der Waals surface area contributed by atoms with Crippen LogP contribution in [0.2, 0.25) is 0 Å². The van der Waals surface area contributed by atoms with E-state index in [1.165, 1.54) is 4.90 Å². The quantitative estimate of drug-likeness (QED) is 0.842. The third kappa shape index (κ3) is 3.39. The summed E-state index contributed by atoms with van der Waals surface area (Å²) in [5.74, 6) is 0.778. The van der Waals surface area contributed by atoms with E-state index in [2.05, 4.69) is 25.9 Å². The zero-order valence-electron chi connectivity index (χ0n) is 14.2. The van der Waals surface area contributed by atoms with Crippen molar-refractivity contribution in [2.75, 3.05) is 13.1 Å². The van der Waals surface area contributed by atoms with Crippen molar-refractivity contribution >= 4 is 33.2 Å². The highest BCUT2D eigenvalue weighted by Gasteiger charge is 2.45. The van der Waals surface area contributed by atoms with Crippen LogP contribution in [0.5, 0.6) is 0 Å². The molecule has 1 aliphatic heterocycles. The first-order valence-corrected chi connectivity index (χ1v) is 8.54. The van der Waals surface area contributed by atoms with Crippen molar-refractivity contribution in [1.29, 1.82) is 0 Å². The van der Waals surface area contributed by atoms with Gasteiger partial charge in [-0.05, 0) is 49.7 Å². The van der Waals surface area contributed by atoms with E-state index < -0.39 is 17.3 Å². The number of amides is 1. The highest BCUT2D eigenvalue weighted by Crippen LogP contribution is 2.28. The molecule has 1 fully saturated rings. The van der Waals surface area contributed by atoms with Gasteiger partial charge in [-0.2, -0.15) is 0 Å². The second-order valence-electron chi connectivity index (χ2n) is 7.30. The first-order valence-electron chi connectivity index (χ1n) is 7.75. The molecule has 24 heavy (non-hydrogen) atoms. The smallest absolute Gasteiger partial charge is 0.410 e. The van der Waals surface area contributed by atoms with Crippen LogP contribution in [0.4, 0.5) is 4.79 Å². The number of fused-ring (bicyclic) bond motifs is 1. The highest BCUT2D eigenvalue weighted by molar-refractivity contribution is 9.10. The lowest BCUT2D eigenvalue weighted by Crippen LogP contribution is -2.65. The van der Waals surface area contributed by atoms with Crippen LogP contribution < -0.4 is 0 Å². The second-order valence-corrected chi connectivity index (χ2v) is 8.22. The Morgan fingerprint density at radius 1 is 1.46 bits per heavy atom. The Balaban J connectivity index is 1.73. The van der Waals surface area contributed by atoms with Crippen molar-refractivity contribution in [3.05, 3.63) is 22.6 Å². The van der Waals surface area contributed by atoms with E-state index in [1.807, 2.05) is 38.3 Å². The van der Waals surface area contributed by atoms with Crippen molar-refractivity contribution in [3.63, 3.8) is 0 Å². The number of hydrogen-bond donors (Lipinski definition) is 1. The molecule has 7 nitrogen and oxygen atoms in total. The van der Waals surface area contributed by atoms with Crippen molar-refractivity contribution in [2.45, 2.75) is 45.4 Å². The SMILES string of the molecule is Cc1nc2ncc(Br)cc2n1CC1(O)CN(C(=O)OC(C)(C)C)C1. The molecule has 1 N–H and O–H groups in total. The number of nitrogens with zero attached hydrogens (tertiary/aromatic N) is 4. The minimum atomic E-state index is -0.988. The predicted molar refractivity (Wildman–Crippen MR) is 92.7 cm³/mol. The summed E-state index contributed by atoms with van der Waals surface area (Å²) >= 11 is 3.41. The highest BCUT2D eigenvalue weighted by atomic mass is 79.9. The van der Waals surface area contributed by atoms with E-state index in [-0.39, 0.29) is 13.1 Å². The van der Waals surface area contributed by atoms with E-state index in [0.717, 1.165) is 15.8 Å². The number of likely N-dealkylation sites (tertiary alicyclic amines) is 1. The van der Waals surface area contributed by atoms with Crippen LogP contribution in [-0.2, 0) is 11.3 Å². The largest absolute Gasteiger partial charge is 0.444 e. The molecular formula is C16H21BrN4O3. The normalized spacial score (nSPS) is 17.0. The molecule has 2 aromatic heterocycles. The molecule has 0 aliphatic carbocycles. The number of ether oxygens (including phenoxy) is 1. The van der Waals surface area contributed by atoms with E-state index in [1.54, 1.807) is 6.20 Å². The van der Waals surface area contributed by atoms with Crippen LogP contribution in [0.25, 0.3) is 11.2 Å². The molecular weight excluding hydrogens is 376 g/mol. The maximum atomic E-state index is 12.0. The summed E-state index contributed by atoms with van der Waals surface area (Å²) in [7, 11) is 0. The summed E-state index contributed by atoms with van der Waals surface area (Å²) in [5, 5.41) is 10.7. The first-order chi connectivity index (χ1) is 11.1. The maximum absolute atomic E-state index is 12.0. The van der Waals surface area contributed by atoms with Crippen molar-refractivity contribution < 1.29 is 14.6 Å². The average Bonchev–Trinajstić information content (AvgIpc) is 2.70. The summed E-state index contributed by atoms with van der Waals surface area (Å²) in [5.41, 5.74) is -0.0362.